The largest absolute Gasteiger partial charge is 0.416 e. The molecular formula is C21H18F3N2O+. The molecule has 3 aromatic rings. The summed E-state index contributed by atoms with van der Waals surface area (Å²) in [5, 5.41) is 1.99. The van der Waals surface area contributed by atoms with Crippen LogP contribution in [0.5, 0.6) is 0 Å². The zero-order valence-electron chi connectivity index (χ0n) is 14.7. The second kappa shape index (κ2) is 6.39. The highest BCUT2D eigenvalue weighted by Gasteiger charge is 2.32. The number of nitrogens with zero attached hydrogens (tertiary/aromatic N) is 1. The summed E-state index contributed by atoms with van der Waals surface area (Å²) in [5.41, 5.74) is 1.73. The summed E-state index contributed by atoms with van der Waals surface area (Å²) in [7, 11) is 1.92. The Hall–Kier alpha value is -2.86. The number of hydrogen-bond donors (Lipinski definition) is 1. The average Bonchev–Trinajstić information content (AvgIpc) is 2.90. The molecule has 1 aliphatic heterocycles. The van der Waals surface area contributed by atoms with E-state index in [1.54, 1.807) is 4.90 Å². The Morgan fingerprint density at radius 3 is 2.30 bits per heavy atom. The highest BCUT2D eigenvalue weighted by atomic mass is 19.4. The van der Waals surface area contributed by atoms with E-state index in [9.17, 15) is 18.0 Å². The molecule has 138 valence electrons. The highest BCUT2D eigenvalue weighted by molar-refractivity contribution is 6.24. The van der Waals surface area contributed by atoms with E-state index in [-0.39, 0.29) is 5.91 Å². The predicted molar refractivity (Wildman–Crippen MR) is 97.7 cm³/mol. The number of benzene rings is 3. The summed E-state index contributed by atoms with van der Waals surface area (Å²) in [6.07, 6.45) is -4.33. The first-order valence-corrected chi connectivity index (χ1v) is 8.65. The van der Waals surface area contributed by atoms with Crippen LogP contribution in [0, 0.1) is 0 Å². The smallest absolute Gasteiger partial charge is 0.316 e. The molecule has 6 heteroatoms. The van der Waals surface area contributed by atoms with E-state index >= 15 is 0 Å². The molecule has 0 saturated heterocycles. The van der Waals surface area contributed by atoms with Crippen LogP contribution in [0.2, 0.25) is 0 Å². The maximum Gasteiger partial charge on any atom is 0.416 e. The molecular weight excluding hydrogens is 353 g/mol. The third-order valence-electron chi connectivity index (χ3n) is 4.86. The standard InChI is InChI=1S/C21H17F3N2O/c1-25(12-14-8-10-16(11-9-14)21(22,23)24)13-26-18-7-3-5-15-4-2-6-17(19(15)18)20(26)27/h2-11H,12-13H2,1H3/p+1. The summed E-state index contributed by atoms with van der Waals surface area (Å²) in [4.78, 5) is 15.6. The molecule has 4 rings (SSSR count). The summed E-state index contributed by atoms with van der Waals surface area (Å²) in [5.74, 6) is -0.0337. The second-order valence-electron chi connectivity index (χ2n) is 6.90. The zero-order valence-corrected chi connectivity index (χ0v) is 14.7. The molecule has 1 N–H and O–H groups in total. The number of carbonyl (C=O) groups excluding carboxylic acids is 1. The fraction of sp³-hybridized carbons (Fsp3) is 0.190. The molecule has 0 saturated carbocycles. The maximum atomic E-state index is 12.8. The molecule has 27 heavy (non-hydrogen) atoms. The predicted octanol–water partition coefficient (Wildman–Crippen LogP) is 3.49. The monoisotopic (exact) mass is 371 g/mol. The Morgan fingerprint density at radius 1 is 0.963 bits per heavy atom. The van der Waals surface area contributed by atoms with E-state index in [1.165, 1.54) is 12.1 Å². The van der Waals surface area contributed by atoms with Gasteiger partial charge in [0.15, 0.2) is 6.67 Å². The van der Waals surface area contributed by atoms with Crippen molar-refractivity contribution in [1.29, 1.82) is 0 Å². The highest BCUT2D eigenvalue weighted by Crippen LogP contribution is 2.36. The quantitative estimate of drug-likeness (QED) is 0.746. The molecule has 0 bridgehead atoms. The van der Waals surface area contributed by atoms with Gasteiger partial charge < -0.3 is 4.90 Å². The van der Waals surface area contributed by atoms with E-state index in [4.69, 9.17) is 0 Å². The number of hydrogen-bond acceptors (Lipinski definition) is 1. The molecule has 3 nitrogen and oxygen atoms in total. The van der Waals surface area contributed by atoms with Gasteiger partial charge in [0.25, 0.3) is 5.91 Å². The van der Waals surface area contributed by atoms with Crippen LogP contribution in [-0.2, 0) is 12.7 Å². The van der Waals surface area contributed by atoms with Gasteiger partial charge in [-0.25, -0.2) is 0 Å². The maximum absolute atomic E-state index is 12.8. The van der Waals surface area contributed by atoms with Gasteiger partial charge in [-0.15, -0.1) is 0 Å². The van der Waals surface area contributed by atoms with Gasteiger partial charge in [0, 0.05) is 10.9 Å². The minimum absolute atomic E-state index is 0.0337. The van der Waals surface area contributed by atoms with Crippen molar-refractivity contribution in [2.45, 2.75) is 12.7 Å². The molecule has 1 heterocycles. The number of alkyl halides is 3. The first-order chi connectivity index (χ1) is 12.8. The van der Waals surface area contributed by atoms with Gasteiger partial charge in [-0.3, -0.25) is 9.69 Å². The molecule has 3 aromatic carbocycles. The van der Waals surface area contributed by atoms with Crippen molar-refractivity contribution in [3.63, 3.8) is 0 Å². The molecule has 1 amide bonds. The zero-order chi connectivity index (χ0) is 19.2. The summed E-state index contributed by atoms with van der Waals surface area (Å²) in [6.45, 7) is 0.960. The number of rotatable bonds is 4. The van der Waals surface area contributed by atoms with Crippen LogP contribution in [0.3, 0.4) is 0 Å². The third-order valence-corrected chi connectivity index (χ3v) is 4.86. The van der Waals surface area contributed by atoms with Crippen molar-refractivity contribution in [2.75, 3.05) is 18.6 Å². The normalized spacial score (nSPS) is 14.8. The lowest BCUT2D eigenvalue weighted by molar-refractivity contribution is -0.892. The fourth-order valence-corrected chi connectivity index (χ4v) is 3.62. The Labute approximate surface area is 154 Å². The number of amides is 1. The van der Waals surface area contributed by atoms with Gasteiger partial charge in [-0.1, -0.05) is 36.4 Å². The number of halogens is 3. The molecule has 0 fully saturated rings. The first-order valence-electron chi connectivity index (χ1n) is 8.65. The minimum Gasteiger partial charge on any atom is -0.316 e. The van der Waals surface area contributed by atoms with Gasteiger partial charge in [0.2, 0.25) is 0 Å². The van der Waals surface area contributed by atoms with E-state index in [0.29, 0.717) is 18.8 Å². The molecule has 0 aliphatic carbocycles. The van der Waals surface area contributed by atoms with Crippen molar-refractivity contribution in [3.05, 3.63) is 77.4 Å². The summed E-state index contributed by atoms with van der Waals surface area (Å²) >= 11 is 0. The van der Waals surface area contributed by atoms with Crippen molar-refractivity contribution in [3.8, 4) is 0 Å². The molecule has 1 unspecified atom stereocenters. The molecule has 0 aromatic heterocycles. The third kappa shape index (κ3) is 3.17. The number of nitrogens with one attached hydrogen (secondary N) is 1. The first kappa shape index (κ1) is 17.5. The average molecular weight is 371 g/mol. The summed E-state index contributed by atoms with van der Waals surface area (Å²) in [6, 6.07) is 16.7. The van der Waals surface area contributed by atoms with Crippen molar-refractivity contribution in [1.82, 2.24) is 0 Å². The van der Waals surface area contributed by atoms with Crippen LogP contribution in [0.1, 0.15) is 21.5 Å². The lowest BCUT2D eigenvalue weighted by Crippen LogP contribution is -3.09. The second-order valence-corrected chi connectivity index (χ2v) is 6.90. The van der Waals surface area contributed by atoms with Crippen LogP contribution in [0.15, 0.2) is 60.7 Å². The van der Waals surface area contributed by atoms with Gasteiger partial charge >= 0.3 is 6.18 Å². The van der Waals surface area contributed by atoms with Crippen molar-refractivity contribution < 1.29 is 22.9 Å². The van der Waals surface area contributed by atoms with Crippen LogP contribution in [0.25, 0.3) is 10.8 Å². The van der Waals surface area contributed by atoms with Gasteiger partial charge in [-0.2, -0.15) is 13.2 Å². The lowest BCUT2D eigenvalue weighted by atomic mass is 10.1. The van der Waals surface area contributed by atoms with Crippen LogP contribution < -0.4 is 9.80 Å². The Balaban J connectivity index is 1.52. The minimum atomic E-state index is -4.33. The molecule has 0 radical (unpaired) electrons. The SMILES string of the molecule is C[NH+](Cc1ccc(C(F)(F)F)cc1)CN1C(=O)c2cccc3cccc1c23. The molecule has 1 aliphatic rings. The Morgan fingerprint density at radius 2 is 1.63 bits per heavy atom. The van der Waals surface area contributed by atoms with Crippen molar-refractivity contribution >= 4 is 22.4 Å². The topological polar surface area (TPSA) is 24.8 Å². The van der Waals surface area contributed by atoms with Gasteiger partial charge in [-0.05, 0) is 29.7 Å². The van der Waals surface area contributed by atoms with Crippen LogP contribution in [0.4, 0.5) is 18.9 Å². The van der Waals surface area contributed by atoms with E-state index in [0.717, 1.165) is 39.1 Å². The lowest BCUT2D eigenvalue weighted by Gasteiger charge is -2.22. The Kier molecular flexibility index (Phi) is 4.15. The van der Waals surface area contributed by atoms with E-state index in [1.807, 2.05) is 43.4 Å². The van der Waals surface area contributed by atoms with E-state index < -0.39 is 11.7 Å². The number of anilines is 1. The van der Waals surface area contributed by atoms with Gasteiger partial charge in [0.1, 0.15) is 6.54 Å². The van der Waals surface area contributed by atoms with Gasteiger partial charge in [0.05, 0.1) is 23.9 Å². The number of quaternary nitrogens is 1. The number of carbonyl (C=O) groups is 1. The van der Waals surface area contributed by atoms with Crippen LogP contribution in [-0.4, -0.2) is 19.6 Å². The van der Waals surface area contributed by atoms with Crippen LogP contribution >= 0.6 is 0 Å². The molecule has 1 atom stereocenters. The molecule has 0 spiro atoms. The fourth-order valence-electron chi connectivity index (χ4n) is 3.62. The Bertz CT molecular complexity index is 1010. The summed E-state index contributed by atoms with van der Waals surface area (Å²) < 4.78 is 38.1. The van der Waals surface area contributed by atoms with E-state index in [2.05, 4.69) is 0 Å². The van der Waals surface area contributed by atoms with Crippen molar-refractivity contribution in [2.24, 2.45) is 0 Å².